The summed E-state index contributed by atoms with van der Waals surface area (Å²) in [6.07, 6.45) is 1.53. The minimum atomic E-state index is 0.275. The van der Waals surface area contributed by atoms with E-state index in [9.17, 15) is 0 Å². The van der Waals surface area contributed by atoms with Crippen molar-refractivity contribution in [3.05, 3.63) is 46.9 Å². The summed E-state index contributed by atoms with van der Waals surface area (Å²) in [6.45, 7) is 9.28. The van der Waals surface area contributed by atoms with Gasteiger partial charge in [0.05, 0.1) is 0 Å². The zero-order valence-electron chi connectivity index (χ0n) is 12.4. The van der Waals surface area contributed by atoms with E-state index >= 15 is 0 Å². The molecule has 0 fully saturated rings. The van der Waals surface area contributed by atoms with Crippen molar-refractivity contribution in [1.29, 1.82) is 0 Å². The highest BCUT2D eigenvalue weighted by Gasteiger charge is 2.20. The van der Waals surface area contributed by atoms with Crippen LogP contribution in [0.3, 0.4) is 0 Å². The largest absolute Gasteiger partial charge is 0.326 e. The molecule has 106 valence electrons. The third-order valence-corrected chi connectivity index (χ3v) is 3.67. The van der Waals surface area contributed by atoms with Gasteiger partial charge in [-0.05, 0) is 31.4 Å². The summed E-state index contributed by atoms with van der Waals surface area (Å²) in [7, 11) is 0. The van der Waals surface area contributed by atoms with Gasteiger partial charge in [0.2, 0.25) is 0 Å². The van der Waals surface area contributed by atoms with E-state index in [0.29, 0.717) is 5.15 Å². The van der Waals surface area contributed by atoms with E-state index < -0.39 is 0 Å². The van der Waals surface area contributed by atoms with Crippen LogP contribution in [0.15, 0.2) is 30.6 Å². The molecule has 0 bridgehead atoms. The van der Waals surface area contributed by atoms with Gasteiger partial charge in [0.15, 0.2) is 0 Å². The predicted octanol–water partition coefficient (Wildman–Crippen LogP) is 4.72. The number of para-hydroxylation sites is 1. The van der Waals surface area contributed by atoms with Crippen molar-refractivity contribution in [2.45, 2.75) is 33.6 Å². The lowest BCUT2D eigenvalue weighted by atomic mass is 10.0. The second kappa shape index (κ2) is 6.23. The molecule has 0 aliphatic heterocycles. The molecule has 2 rings (SSSR count). The molecule has 0 saturated carbocycles. The molecule has 0 aliphatic rings. The maximum atomic E-state index is 6.27. The Labute approximate surface area is 125 Å². The summed E-state index contributed by atoms with van der Waals surface area (Å²) in [4.78, 5) is 10.8. The van der Waals surface area contributed by atoms with Crippen molar-refractivity contribution in [1.82, 2.24) is 9.97 Å². The fourth-order valence-corrected chi connectivity index (χ4v) is 2.72. The van der Waals surface area contributed by atoms with Crippen LogP contribution >= 0.6 is 11.6 Å². The second-order valence-corrected chi connectivity index (χ2v) is 5.45. The van der Waals surface area contributed by atoms with E-state index in [0.717, 1.165) is 23.6 Å². The number of halogens is 1. The molecule has 0 saturated heterocycles. The number of nitrogens with zero attached hydrogens (tertiary/aromatic N) is 3. The van der Waals surface area contributed by atoms with Crippen LogP contribution < -0.4 is 4.90 Å². The molecule has 0 aliphatic carbocycles. The maximum Gasteiger partial charge on any atom is 0.141 e. The first kappa shape index (κ1) is 14.8. The number of anilines is 2. The van der Waals surface area contributed by atoms with Gasteiger partial charge in [0.25, 0.3) is 0 Å². The molecule has 0 atom stereocenters. The number of aromatic nitrogens is 2. The van der Waals surface area contributed by atoms with Crippen LogP contribution in [0.5, 0.6) is 0 Å². The average molecular weight is 290 g/mol. The third-order valence-electron chi connectivity index (χ3n) is 3.37. The van der Waals surface area contributed by atoms with Crippen LogP contribution in [0.1, 0.15) is 37.8 Å². The van der Waals surface area contributed by atoms with Crippen molar-refractivity contribution in [2.75, 3.05) is 11.4 Å². The van der Waals surface area contributed by atoms with Gasteiger partial charge < -0.3 is 4.90 Å². The summed E-state index contributed by atoms with van der Waals surface area (Å²) in [5.74, 6) is 1.17. The first-order chi connectivity index (χ1) is 9.56. The highest BCUT2D eigenvalue weighted by Crippen LogP contribution is 2.35. The molecule has 0 radical (unpaired) electrons. The lowest BCUT2D eigenvalue weighted by Gasteiger charge is -2.27. The number of benzene rings is 1. The minimum Gasteiger partial charge on any atom is -0.326 e. The van der Waals surface area contributed by atoms with Crippen LogP contribution in [0.2, 0.25) is 5.15 Å². The molecule has 1 heterocycles. The van der Waals surface area contributed by atoms with Crippen molar-refractivity contribution in [3.8, 4) is 0 Å². The first-order valence-corrected chi connectivity index (χ1v) is 7.27. The minimum absolute atomic E-state index is 0.275. The van der Waals surface area contributed by atoms with Gasteiger partial charge in [0.1, 0.15) is 17.3 Å². The van der Waals surface area contributed by atoms with E-state index in [1.807, 2.05) is 12.1 Å². The molecule has 0 amide bonds. The van der Waals surface area contributed by atoms with Crippen molar-refractivity contribution in [2.24, 2.45) is 0 Å². The van der Waals surface area contributed by atoms with E-state index in [1.54, 1.807) is 0 Å². The Bertz CT molecular complexity index is 596. The zero-order valence-corrected chi connectivity index (χ0v) is 13.1. The number of aryl methyl sites for hydroxylation is 1. The topological polar surface area (TPSA) is 29.0 Å². The summed E-state index contributed by atoms with van der Waals surface area (Å²) in [6, 6.07) is 8.31. The molecule has 20 heavy (non-hydrogen) atoms. The Morgan fingerprint density at radius 1 is 1.20 bits per heavy atom. The molecule has 1 aromatic carbocycles. The molecule has 0 spiro atoms. The van der Waals surface area contributed by atoms with Gasteiger partial charge in [-0.15, -0.1) is 0 Å². The lowest BCUT2D eigenvalue weighted by molar-refractivity contribution is 0.828. The van der Waals surface area contributed by atoms with E-state index in [1.165, 1.54) is 11.9 Å². The summed E-state index contributed by atoms with van der Waals surface area (Å²) in [5.41, 5.74) is 3.38. The fraction of sp³-hybridized carbons (Fsp3) is 0.375. The molecular weight excluding hydrogens is 270 g/mol. The van der Waals surface area contributed by atoms with Crippen LogP contribution in [0.4, 0.5) is 11.5 Å². The van der Waals surface area contributed by atoms with Crippen LogP contribution in [-0.4, -0.2) is 16.5 Å². The lowest BCUT2D eigenvalue weighted by Crippen LogP contribution is -2.21. The molecule has 2 aromatic rings. The summed E-state index contributed by atoms with van der Waals surface area (Å²) < 4.78 is 0. The van der Waals surface area contributed by atoms with Gasteiger partial charge >= 0.3 is 0 Å². The fourth-order valence-electron chi connectivity index (χ4n) is 2.38. The SMILES string of the molecule is CCN(c1ccccc1C)c1ncnc(Cl)c1C(C)C. The van der Waals surface area contributed by atoms with E-state index in [4.69, 9.17) is 11.6 Å². The Balaban J connectivity index is 2.59. The normalized spacial score (nSPS) is 10.9. The van der Waals surface area contributed by atoms with Crippen LogP contribution in [-0.2, 0) is 0 Å². The number of hydrogen-bond donors (Lipinski definition) is 0. The number of rotatable bonds is 4. The summed E-state index contributed by atoms with van der Waals surface area (Å²) >= 11 is 6.27. The highest BCUT2D eigenvalue weighted by atomic mass is 35.5. The van der Waals surface area contributed by atoms with Crippen molar-refractivity contribution in [3.63, 3.8) is 0 Å². The predicted molar refractivity (Wildman–Crippen MR) is 85.0 cm³/mol. The molecular formula is C16H20ClN3. The smallest absolute Gasteiger partial charge is 0.141 e. The van der Waals surface area contributed by atoms with Gasteiger partial charge in [0, 0.05) is 17.8 Å². The third kappa shape index (κ3) is 2.78. The monoisotopic (exact) mass is 289 g/mol. The molecule has 1 aromatic heterocycles. The molecule has 0 unspecified atom stereocenters. The Kier molecular flexibility index (Phi) is 4.61. The highest BCUT2D eigenvalue weighted by molar-refractivity contribution is 6.30. The van der Waals surface area contributed by atoms with Gasteiger partial charge in [-0.1, -0.05) is 43.6 Å². The summed E-state index contributed by atoms with van der Waals surface area (Å²) in [5, 5.41) is 0.539. The molecule has 4 heteroatoms. The van der Waals surface area contributed by atoms with Gasteiger partial charge in [-0.2, -0.15) is 0 Å². The molecule has 0 N–H and O–H groups in total. The van der Waals surface area contributed by atoms with E-state index in [-0.39, 0.29) is 5.92 Å². The average Bonchev–Trinajstić information content (AvgIpc) is 2.41. The van der Waals surface area contributed by atoms with Crippen LogP contribution in [0.25, 0.3) is 0 Å². The molecule has 3 nitrogen and oxygen atoms in total. The van der Waals surface area contributed by atoms with Gasteiger partial charge in [-0.25, -0.2) is 9.97 Å². The van der Waals surface area contributed by atoms with Crippen molar-refractivity contribution < 1.29 is 0 Å². The number of hydrogen-bond acceptors (Lipinski definition) is 3. The Morgan fingerprint density at radius 3 is 2.50 bits per heavy atom. The maximum absolute atomic E-state index is 6.27. The Hall–Kier alpha value is -1.61. The second-order valence-electron chi connectivity index (χ2n) is 5.09. The zero-order chi connectivity index (χ0) is 14.7. The van der Waals surface area contributed by atoms with Crippen LogP contribution in [0, 0.1) is 6.92 Å². The quantitative estimate of drug-likeness (QED) is 0.763. The van der Waals surface area contributed by atoms with Crippen molar-refractivity contribution >= 4 is 23.1 Å². The van der Waals surface area contributed by atoms with E-state index in [2.05, 4.69) is 54.7 Å². The Morgan fingerprint density at radius 2 is 1.90 bits per heavy atom. The first-order valence-electron chi connectivity index (χ1n) is 6.89. The van der Waals surface area contributed by atoms with Gasteiger partial charge in [-0.3, -0.25) is 0 Å². The standard InChI is InChI=1S/C16H20ClN3/c1-5-20(13-9-7-6-8-12(13)4)16-14(11(2)3)15(17)18-10-19-16/h6-11H,5H2,1-4H3.